The second kappa shape index (κ2) is 6.69. The van der Waals surface area contributed by atoms with Gasteiger partial charge in [-0.25, -0.2) is 0 Å². The van der Waals surface area contributed by atoms with E-state index in [1.54, 1.807) is 13.8 Å². The third-order valence-corrected chi connectivity index (χ3v) is 2.59. The van der Waals surface area contributed by atoms with Crippen LogP contribution in [0.1, 0.15) is 27.7 Å². The van der Waals surface area contributed by atoms with E-state index in [0.29, 0.717) is 30.9 Å². The zero-order valence-corrected chi connectivity index (χ0v) is 13.3. The fourth-order valence-corrected chi connectivity index (χ4v) is 1.72. The van der Waals surface area contributed by atoms with Crippen LogP contribution in [-0.2, 0) is 0 Å². The monoisotopic (exact) mass is 282 g/mol. The third-order valence-electron chi connectivity index (χ3n) is 2.59. The van der Waals surface area contributed by atoms with Gasteiger partial charge in [0.1, 0.15) is 0 Å². The van der Waals surface area contributed by atoms with E-state index in [0.717, 1.165) is 6.54 Å². The Labute approximate surface area is 121 Å². The van der Waals surface area contributed by atoms with Crippen LogP contribution in [0.2, 0.25) is 0 Å². The lowest BCUT2D eigenvalue weighted by Gasteiger charge is -2.28. The van der Waals surface area contributed by atoms with E-state index in [4.69, 9.17) is 0 Å². The highest BCUT2D eigenvalue weighted by Crippen LogP contribution is 2.17. The summed E-state index contributed by atoms with van der Waals surface area (Å²) in [6.07, 6.45) is 0. The van der Waals surface area contributed by atoms with Gasteiger partial charge < -0.3 is 20.2 Å². The molecule has 7 heteroatoms. The molecule has 20 heavy (non-hydrogen) atoms. The van der Waals surface area contributed by atoms with Gasteiger partial charge in [0.15, 0.2) is 0 Å². The van der Waals surface area contributed by atoms with Crippen molar-refractivity contribution in [3.8, 4) is 0 Å². The molecule has 0 saturated carbocycles. The Morgan fingerprint density at radius 2 is 1.70 bits per heavy atom. The van der Waals surface area contributed by atoms with Gasteiger partial charge in [-0.3, -0.25) is 0 Å². The van der Waals surface area contributed by atoms with Crippen molar-refractivity contribution in [1.29, 1.82) is 0 Å². The normalized spacial score (nSPS) is 11.3. The lowest BCUT2D eigenvalue weighted by molar-refractivity contribution is 0.0872. The molecule has 7 nitrogen and oxygen atoms in total. The molecule has 114 valence electrons. The predicted octanol–water partition coefficient (Wildman–Crippen LogP) is 0.967. The van der Waals surface area contributed by atoms with Crippen LogP contribution in [0.3, 0.4) is 0 Å². The summed E-state index contributed by atoms with van der Waals surface area (Å²) < 4.78 is 0. The summed E-state index contributed by atoms with van der Waals surface area (Å²) >= 11 is 0. The Morgan fingerprint density at radius 1 is 1.10 bits per heavy atom. The minimum atomic E-state index is -0.806. The number of hydrogen-bond acceptors (Lipinski definition) is 7. The van der Waals surface area contributed by atoms with E-state index in [-0.39, 0.29) is 0 Å². The Hall–Kier alpha value is -1.63. The molecule has 1 aromatic rings. The van der Waals surface area contributed by atoms with E-state index in [1.165, 1.54) is 0 Å². The maximum Gasteiger partial charge on any atom is 0.232 e. The first-order valence-electron chi connectivity index (χ1n) is 6.91. The van der Waals surface area contributed by atoms with Gasteiger partial charge in [0.25, 0.3) is 0 Å². The van der Waals surface area contributed by atoms with Gasteiger partial charge in [0.2, 0.25) is 17.8 Å². The molecule has 0 fully saturated rings. The van der Waals surface area contributed by atoms with E-state index in [9.17, 15) is 5.11 Å². The standard InChI is InChI=1S/C13H26N6O/c1-7-14-10-15-11(18(5)6)17-12(16-10)19(8-2)9-13(3,4)20/h20H,7-9H2,1-6H3,(H,14,15,16,17). The van der Waals surface area contributed by atoms with Crippen LogP contribution in [0, 0.1) is 0 Å². The quantitative estimate of drug-likeness (QED) is 0.771. The summed E-state index contributed by atoms with van der Waals surface area (Å²) in [5, 5.41) is 13.1. The van der Waals surface area contributed by atoms with Crippen molar-refractivity contribution < 1.29 is 5.11 Å². The topological polar surface area (TPSA) is 77.4 Å². The van der Waals surface area contributed by atoms with E-state index < -0.39 is 5.60 Å². The average molecular weight is 282 g/mol. The van der Waals surface area contributed by atoms with Gasteiger partial charge in [-0.05, 0) is 27.7 Å². The van der Waals surface area contributed by atoms with Gasteiger partial charge in [0, 0.05) is 33.7 Å². The molecule has 2 N–H and O–H groups in total. The highest BCUT2D eigenvalue weighted by molar-refractivity contribution is 5.44. The summed E-state index contributed by atoms with van der Waals surface area (Å²) in [5.41, 5.74) is -0.806. The molecule has 0 bridgehead atoms. The second-order valence-electron chi connectivity index (χ2n) is 5.51. The number of aliphatic hydroxyl groups is 1. The Morgan fingerprint density at radius 3 is 2.15 bits per heavy atom. The van der Waals surface area contributed by atoms with E-state index in [2.05, 4.69) is 20.3 Å². The number of nitrogens with one attached hydrogen (secondary N) is 1. The van der Waals surface area contributed by atoms with Crippen molar-refractivity contribution in [3.05, 3.63) is 0 Å². The molecule has 0 spiro atoms. The molecule has 0 unspecified atom stereocenters. The van der Waals surface area contributed by atoms with Gasteiger partial charge in [-0.15, -0.1) is 0 Å². The Kier molecular flexibility index (Phi) is 5.50. The fraction of sp³-hybridized carbons (Fsp3) is 0.769. The van der Waals surface area contributed by atoms with Crippen molar-refractivity contribution in [1.82, 2.24) is 15.0 Å². The maximum absolute atomic E-state index is 9.99. The van der Waals surface area contributed by atoms with Crippen LogP contribution in [0.25, 0.3) is 0 Å². The minimum absolute atomic E-state index is 0.464. The van der Waals surface area contributed by atoms with Crippen molar-refractivity contribution >= 4 is 17.8 Å². The molecule has 0 atom stereocenters. The van der Waals surface area contributed by atoms with Gasteiger partial charge in [-0.2, -0.15) is 15.0 Å². The van der Waals surface area contributed by atoms with Crippen molar-refractivity contribution in [2.75, 3.05) is 48.8 Å². The number of nitrogens with zero attached hydrogens (tertiary/aromatic N) is 5. The molecule has 0 aliphatic carbocycles. The van der Waals surface area contributed by atoms with Gasteiger partial charge in [-0.1, -0.05) is 0 Å². The van der Waals surface area contributed by atoms with Crippen molar-refractivity contribution in [2.24, 2.45) is 0 Å². The predicted molar refractivity (Wildman–Crippen MR) is 82.5 cm³/mol. The summed E-state index contributed by atoms with van der Waals surface area (Å²) in [4.78, 5) is 17.0. The van der Waals surface area contributed by atoms with E-state index >= 15 is 0 Å². The molecule has 1 aromatic heterocycles. The van der Waals surface area contributed by atoms with Gasteiger partial charge in [0.05, 0.1) is 5.60 Å². The van der Waals surface area contributed by atoms with Crippen LogP contribution in [-0.4, -0.2) is 59.4 Å². The molecular weight excluding hydrogens is 256 g/mol. The Balaban J connectivity index is 3.13. The van der Waals surface area contributed by atoms with Crippen LogP contribution >= 0.6 is 0 Å². The molecule has 0 aliphatic heterocycles. The number of anilines is 3. The number of rotatable bonds is 7. The van der Waals surface area contributed by atoms with Crippen LogP contribution in [0.15, 0.2) is 0 Å². The summed E-state index contributed by atoms with van der Waals surface area (Å²) in [5.74, 6) is 1.72. The number of likely N-dealkylation sites (N-methyl/N-ethyl adjacent to an activating group) is 1. The molecule has 0 amide bonds. The molecule has 0 aromatic carbocycles. The molecule has 0 aliphatic rings. The lowest BCUT2D eigenvalue weighted by atomic mass is 10.1. The number of aromatic nitrogens is 3. The molecule has 1 rings (SSSR count). The lowest BCUT2D eigenvalue weighted by Crippen LogP contribution is -2.39. The summed E-state index contributed by atoms with van der Waals surface area (Å²) in [6, 6.07) is 0. The van der Waals surface area contributed by atoms with Crippen LogP contribution < -0.4 is 15.1 Å². The van der Waals surface area contributed by atoms with E-state index in [1.807, 2.05) is 37.7 Å². The zero-order chi connectivity index (χ0) is 15.3. The summed E-state index contributed by atoms with van der Waals surface area (Å²) in [6.45, 7) is 9.47. The zero-order valence-electron chi connectivity index (χ0n) is 13.3. The third kappa shape index (κ3) is 4.80. The molecule has 0 saturated heterocycles. The summed E-state index contributed by atoms with van der Waals surface area (Å²) in [7, 11) is 3.78. The van der Waals surface area contributed by atoms with Crippen LogP contribution in [0.5, 0.6) is 0 Å². The SMILES string of the molecule is CCNc1nc(N(C)C)nc(N(CC)CC(C)(C)O)n1. The molecule has 1 heterocycles. The van der Waals surface area contributed by atoms with Crippen LogP contribution in [0.4, 0.5) is 17.8 Å². The highest BCUT2D eigenvalue weighted by atomic mass is 16.3. The maximum atomic E-state index is 9.99. The first-order valence-corrected chi connectivity index (χ1v) is 6.91. The smallest absolute Gasteiger partial charge is 0.232 e. The van der Waals surface area contributed by atoms with Crippen molar-refractivity contribution in [2.45, 2.75) is 33.3 Å². The molecular formula is C13H26N6O. The minimum Gasteiger partial charge on any atom is -0.389 e. The molecule has 0 radical (unpaired) electrons. The average Bonchev–Trinajstić information content (AvgIpc) is 2.34. The first-order chi connectivity index (χ1) is 9.26. The Bertz CT molecular complexity index is 429. The second-order valence-corrected chi connectivity index (χ2v) is 5.51. The first kappa shape index (κ1) is 16.4. The number of hydrogen-bond donors (Lipinski definition) is 2. The largest absolute Gasteiger partial charge is 0.389 e. The van der Waals surface area contributed by atoms with Gasteiger partial charge >= 0.3 is 0 Å². The fourth-order valence-electron chi connectivity index (χ4n) is 1.72. The van der Waals surface area contributed by atoms with Crippen molar-refractivity contribution in [3.63, 3.8) is 0 Å². The highest BCUT2D eigenvalue weighted by Gasteiger charge is 2.20.